The number of rotatable bonds is 4. The molecule has 0 radical (unpaired) electrons. The van der Waals surface area contributed by atoms with Crippen molar-refractivity contribution in [3.8, 4) is 0 Å². The Morgan fingerprint density at radius 1 is 1.14 bits per heavy atom. The molecule has 0 heterocycles. The normalized spacial score (nSPS) is 21.0. The van der Waals surface area contributed by atoms with Crippen LogP contribution in [0, 0.1) is 12.8 Å². The predicted octanol–water partition coefficient (Wildman–Crippen LogP) is 3.73. The van der Waals surface area contributed by atoms with Gasteiger partial charge in [0.05, 0.1) is 10.6 Å². The number of ether oxygens (including phenoxy) is 1. The minimum atomic E-state index is -1.00. The first kappa shape index (κ1) is 16.3. The molecule has 1 aliphatic carbocycles. The number of carbonyl (C=O) groups is 2. The lowest BCUT2D eigenvalue weighted by Gasteiger charge is -2.27. The highest BCUT2D eigenvalue weighted by Crippen LogP contribution is 2.26. The topological polar surface area (TPSA) is 71.1 Å². The van der Waals surface area contributed by atoms with Crippen LogP contribution in [0.2, 0.25) is 0 Å². The quantitative estimate of drug-likeness (QED) is 0.479. The highest BCUT2D eigenvalue weighted by molar-refractivity contribution is 5.89. The molecule has 1 fully saturated rings. The Bertz CT molecular complexity index is 527. The van der Waals surface area contributed by atoms with Gasteiger partial charge in [0.2, 0.25) is 0 Å². The van der Waals surface area contributed by atoms with E-state index in [9.17, 15) is 9.59 Å². The molecule has 120 valence electrons. The molecule has 0 amide bonds. The lowest BCUT2D eigenvalue weighted by molar-refractivity contribution is -0.453. The Morgan fingerprint density at radius 3 is 2.64 bits per heavy atom. The average molecular weight is 308 g/mol. The first-order chi connectivity index (χ1) is 10.6. The van der Waals surface area contributed by atoms with Crippen molar-refractivity contribution < 1.29 is 29.1 Å². The summed E-state index contributed by atoms with van der Waals surface area (Å²) in [4.78, 5) is 31.8. The van der Waals surface area contributed by atoms with Crippen LogP contribution in [0.1, 0.15) is 48.5 Å². The van der Waals surface area contributed by atoms with Crippen LogP contribution in [0.4, 0.5) is 4.79 Å². The van der Waals surface area contributed by atoms with Gasteiger partial charge in [-0.3, -0.25) is 4.89 Å². The minimum absolute atomic E-state index is 0.183. The second kappa shape index (κ2) is 7.79. The molecule has 1 aromatic rings. The van der Waals surface area contributed by atoms with Crippen LogP contribution in [-0.2, 0) is 19.6 Å². The highest BCUT2D eigenvalue weighted by atomic mass is 17.5. The van der Waals surface area contributed by atoms with Gasteiger partial charge in [0.15, 0.2) is 0 Å². The summed E-state index contributed by atoms with van der Waals surface area (Å²) in [5, 5.41) is 4.20. The van der Waals surface area contributed by atoms with E-state index in [0.717, 1.165) is 31.2 Å². The second-order valence-corrected chi connectivity index (χ2v) is 5.56. The molecule has 0 aliphatic heterocycles. The first-order valence-corrected chi connectivity index (χ1v) is 7.39. The van der Waals surface area contributed by atoms with Crippen LogP contribution in [0.5, 0.6) is 0 Å². The lowest BCUT2D eigenvalue weighted by atomic mass is 9.88. The molecule has 0 N–H and O–H groups in total. The van der Waals surface area contributed by atoms with Gasteiger partial charge in [0.1, 0.15) is 6.10 Å². The van der Waals surface area contributed by atoms with Crippen LogP contribution in [0.3, 0.4) is 0 Å². The smallest absolute Gasteiger partial charge is 0.429 e. The van der Waals surface area contributed by atoms with E-state index >= 15 is 0 Å². The zero-order chi connectivity index (χ0) is 15.9. The van der Waals surface area contributed by atoms with Crippen molar-refractivity contribution in [3.63, 3.8) is 0 Å². The van der Waals surface area contributed by atoms with Gasteiger partial charge in [0.25, 0.3) is 0 Å². The molecule has 0 saturated heterocycles. The summed E-state index contributed by atoms with van der Waals surface area (Å²) in [6.45, 7) is 3.87. The van der Waals surface area contributed by atoms with Crippen LogP contribution in [0.25, 0.3) is 0 Å². The summed E-state index contributed by atoms with van der Waals surface area (Å²) >= 11 is 0. The molecule has 0 spiro atoms. The van der Waals surface area contributed by atoms with Gasteiger partial charge in [-0.15, -0.1) is 0 Å². The van der Waals surface area contributed by atoms with Gasteiger partial charge in [-0.1, -0.05) is 31.0 Å². The SMILES string of the molecule is Cc1cccc(C(=O)OOOC(=O)OC2CCCCC2C)c1. The molecule has 2 unspecified atom stereocenters. The van der Waals surface area contributed by atoms with Crippen LogP contribution in [0.15, 0.2) is 24.3 Å². The van der Waals surface area contributed by atoms with Gasteiger partial charge in [-0.25, -0.2) is 14.5 Å². The maximum Gasteiger partial charge on any atom is 0.543 e. The van der Waals surface area contributed by atoms with E-state index in [4.69, 9.17) is 4.74 Å². The van der Waals surface area contributed by atoms with Gasteiger partial charge in [-0.05, 0) is 44.2 Å². The van der Waals surface area contributed by atoms with E-state index in [2.05, 4.69) is 14.8 Å². The third kappa shape index (κ3) is 4.73. The van der Waals surface area contributed by atoms with Crippen molar-refractivity contribution in [1.82, 2.24) is 0 Å². The van der Waals surface area contributed by atoms with Gasteiger partial charge >= 0.3 is 12.1 Å². The van der Waals surface area contributed by atoms with Gasteiger partial charge < -0.3 is 4.74 Å². The summed E-state index contributed by atoms with van der Waals surface area (Å²) in [7, 11) is 0. The molecule has 1 aliphatic rings. The van der Waals surface area contributed by atoms with E-state index in [1.54, 1.807) is 18.2 Å². The molecule has 6 heteroatoms. The molecule has 0 bridgehead atoms. The van der Waals surface area contributed by atoms with Crippen LogP contribution < -0.4 is 0 Å². The van der Waals surface area contributed by atoms with E-state index in [1.165, 1.54) is 0 Å². The number of benzene rings is 1. The monoisotopic (exact) mass is 308 g/mol. The average Bonchev–Trinajstić information content (AvgIpc) is 2.49. The number of aryl methyl sites for hydroxylation is 1. The Balaban J connectivity index is 1.71. The summed E-state index contributed by atoms with van der Waals surface area (Å²) < 4.78 is 5.13. The third-order valence-electron chi connectivity index (χ3n) is 3.75. The molecule has 6 nitrogen and oxygen atoms in total. The van der Waals surface area contributed by atoms with E-state index in [-0.39, 0.29) is 12.0 Å². The van der Waals surface area contributed by atoms with Gasteiger partial charge in [-0.2, -0.15) is 0 Å². The van der Waals surface area contributed by atoms with Crippen LogP contribution >= 0.6 is 0 Å². The van der Waals surface area contributed by atoms with Crippen molar-refractivity contribution in [2.24, 2.45) is 5.92 Å². The Kier molecular flexibility index (Phi) is 5.77. The fraction of sp³-hybridized carbons (Fsp3) is 0.500. The van der Waals surface area contributed by atoms with Crippen molar-refractivity contribution in [2.75, 3.05) is 0 Å². The maximum absolute atomic E-state index is 11.6. The molecule has 0 aromatic heterocycles. The Hall–Kier alpha value is -2.08. The standard InChI is InChI=1S/C16H20O6/c1-11-6-5-8-13(10-11)15(17)20-22-21-16(18)19-14-9-4-3-7-12(14)2/h5-6,8,10,12,14H,3-4,7,9H2,1-2H3. The van der Waals surface area contributed by atoms with Crippen LogP contribution in [-0.4, -0.2) is 18.2 Å². The highest BCUT2D eigenvalue weighted by Gasteiger charge is 2.26. The first-order valence-electron chi connectivity index (χ1n) is 7.39. The van der Waals surface area contributed by atoms with E-state index < -0.39 is 12.1 Å². The molecule has 1 saturated carbocycles. The second-order valence-electron chi connectivity index (χ2n) is 5.56. The lowest BCUT2D eigenvalue weighted by Crippen LogP contribution is -2.28. The third-order valence-corrected chi connectivity index (χ3v) is 3.75. The zero-order valence-electron chi connectivity index (χ0n) is 12.7. The molecular weight excluding hydrogens is 288 g/mol. The predicted molar refractivity (Wildman–Crippen MR) is 76.7 cm³/mol. The Morgan fingerprint density at radius 2 is 1.91 bits per heavy atom. The van der Waals surface area contributed by atoms with Crippen molar-refractivity contribution in [3.05, 3.63) is 35.4 Å². The molecular formula is C16H20O6. The van der Waals surface area contributed by atoms with Crippen molar-refractivity contribution in [2.45, 2.75) is 45.6 Å². The molecule has 2 atom stereocenters. The molecule has 2 rings (SSSR count). The Labute approximate surface area is 129 Å². The number of hydrogen-bond donors (Lipinski definition) is 0. The maximum atomic E-state index is 11.6. The fourth-order valence-electron chi connectivity index (χ4n) is 2.50. The minimum Gasteiger partial charge on any atom is -0.429 e. The van der Waals surface area contributed by atoms with Gasteiger partial charge in [0, 0.05) is 0 Å². The summed E-state index contributed by atoms with van der Waals surface area (Å²) in [5.41, 5.74) is 1.21. The number of hydrogen-bond acceptors (Lipinski definition) is 6. The zero-order valence-corrected chi connectivity index (χ0v) is 12.7. The molecule has 1 aromatic carbocycles. The fourth-order valence-corrected chi connectivity index (χ4v) is 2.50. The van der Waals surface area contributed by atoms with Crippen molar-refractivity contribution >= 4 is 12.1 Å². The molecule has 22 heavy (non-hydrogen) atoms. The largest absolute Gasteiger partial charge is 0.543 e. The summed E-state index contributed by atoms with van der Waals surface area (Å²) in [5.74, 6) is -0.460. The summed E-state index contributed by atoms with van der Waals surface area (Å²) in [6.07, 6.45) is 2.79. The van der Waals surface area contributed by atoms with E-state index in [1.807, 2.05) is 19.9 Å². The summed E-state index contributed by atoms with van der Waals surface area (Å²) in [6, 6.07) is 6.76. The van der Waals surface area contributed by atoms with Crippen molar-refractivity contribution in [1.29, 1.82) is 0 Å². The van der Waals surface area contributed by atoms with E-state index in [0.29, 0.717) is 5.56 Å². The number of carbonyl (C=O) groups excluding carboxylic acids is 2.